The SMILES string of the molecule is Cc1nn(C)cc1[C@@H](C)n1cnc2ccsc2c1=O. The summed E-state index contributed by atoms with van der Waals surface area (Å²) in [6.45, 7) is 3.94. The van der Waals surface area contributed by atoms with Crippen LogP contribution in [0.15, 0.2) is 28.8 Å². The van der Waals surface area contributed by atoms with Crippen LogP contribution in [0.1, 0.15) is 24.2 Å². The maximum atomic E-state index is 12.4. The largest absolute Gasteiger partial charge is 0.291 e. The molecule has 0 bridgehead atoms. The second-order valence-electron chi connectivity index (χ2n) is 4.61. The Morgan fingerprint density at radius 1 is 1.42 bits per heavy atom. The lowest BCUT2D eigenvalue weighted by atomic mass is 10.1. The van der Waals surface area contributed by atoms with Gasteiger partial charge in [0.15, 0.2) is 0 Å². The molecule has 19 heavy (non-hydrogen) atoms. The Kier molecular flexibility index (Phi) is 2.74. The average Bonchev–Trinajstić information content (AvgIpc) is 2.96. The van der Waals surface area contributed by atoms with Crippen molar-refractivity contribution in [3.05, 3.63) is 45.6 Å². The van der Waals surface area contributed by atoms with Gasteiger partial charge in [-0.2, -0.15) is 5.10 Å². The highest BCUT2D eigenvalue weighted by molar-refractivity contribution is 7.17. The standard InChI is InChI=1S/C13H14N4OS/c1-8-10(6-16(3)15-8)9(2)17-7-14-11-4-5-19-12(11)13(17)18/h4-7,9H,1-3H3/t9-/m1/s1. The van der Waals surface area contributed by atoms with Gasteiger partial charge in [-0.25, -0.2) is 4.98 Å². The van der Waals surface area contributed by atoms with Crippen LogP contribution >= 0.6 is 11.3 Å². The lowest BCUT2D eigenvalue weighted by Crippen LogP contribution is -2.23. The molecule has 3 rings (SSSR count). The molecule has 1 atom stereocenters. The summed E-state index contributed by atoms with van der Waals surface area (Å²) in [6, 6.07) is 1.80. The highest BCUT2D eigenvalue weighted by atomic mass is 32.1. The molecule has 0 fully saturated rings. The topological polar surface area (TPSA) is 52.7 Å². The normalized spacial score (nSPS) is 13.0. The lowest BCUT2D eigenvalue weighted by molar-refractivity contribution is 0.606. The molecule has 0 amide bonds. The predicted molar refractivity (Wildman–Crippen MR) is 75.6 cm³/mol. The van der Waals surface area contributed by atoms with Crippen molar-refractivity contribution in [3.8, 4) is 0 Å². The zero-order valence-electron chi connectivity index (χ0n) is 11.0. The summed E-state index contributed by atoms with van der Waals surface area (Å²) in [5.74, 6) is 0. The molecule has 0 aromatic carbocycles. The van der Waals surface area contributed by atoms with Crippen LogP contribution in [0.2, 0.25) is 0 Å². The molecule has 0 aliphatic rings. The third-order valence-electron chi connectivity index (χ3n) is 3.31. The van der Waals surface area contributed by atoms with Crippen molar-refractivity contribution in [1.82, 2.24) is 19.3 Å². The molecule has 3 heterocycles. The van der Waals surface area contributed by atoms with Gasteiger partial charge in [-0.15, -0.1) is 11.3 Å². The molecule has 6 heteroatoms. The van der Waals surface area contributed by atoms with E-state index >= 15 is 0 Å². The van der Waals surface area contributed by atoms with Gasteiger partial charge in [0.05, 0.1) is 23.6 Å². The van der Waals surface area contributed by atoms with E-state index < -0.39 is 0 Å². The van der Waals surface area contributed by atoms with E-state index in [-0.39, 0.29) is 11.6 Å². The van der Waals surface area contributed by atoms with Crippen LogP contribution in [-0.2, 0) is 7.05 Å². The Balaban J connectivity index is 2.16. The zero-order chi connectivity index (χ0) is 13.6. The zero-order valence-corrected chi connectivity index (χ0v) is 11.8. The third kappa shape index (κ3) is 1.88. The second-order valence-corrected chi connectivity index (χ2v) is 5.53. The summed E-state index contributed by atoms with van der Waals surface area (Å²) in [5, 5.41) is 6.22. The molecule has 5 nitrogen and oxygen atoms in total. The Morgan fingerprint density at radius 2 is 2.21 bits per heavy atom. The number of fused-ring (bicyclic) bond motifs is 1. The molecule has 0 saturated heterocycles. The smallest absolute Gasteiger partial charge is 0.271 e. The molecule has 0 N–H and O–H groups in total. The van der Waals surface area contributed by atoms with Gasteiger partial charge in [0.25, 0.3) is 5.56 Å². The molecule has 98 valence electrons. The molecule has 0 unspecified atom stereocenters. The summed E-state index contributed by atoms with van der Waals surface area (Å²) >= 11 is 1.43. The summed E-state index contributed by atoms with van der Waals surface area (Å²) in [4.78, 5) is 16.8. The number of thiophene rings is 1. The van der Waals surface area contributed by atoms with Crippen LogP contribution in [0.3, 0.4) is 0 Å². The van der Waals surface area contributed by atoms with Gasteiger partial charge >= 0.3 is 0 Å². The van der Waals surface area contributed by atoms with E-state index in [2.05, 4.69) is 10.1 Å². The quantitative estimate of drug-likeness (QED) is 0.719. The predicted octanol–water partition coefficient (Wildman–Crippen LogP) is 2.11. The second kappa shape index (κ2) is 4.31. The molecule has 0 saturated carbocycles. The number of aromatic nitrogens is 4. The number of hydrogen-bond donors (Lipinski definition) is 0. The Hall–Kier alpha value is -1.95. The summed E-state index contributed by atoms with van der Waals surface area (Å²) in [6.07, 6.45) is 3.57. The molecular weight excluding hydrogens is 260 g/mol. The Labute approximate surface area is 114 Å². The minimum atomic E-state index is -0.0693. The van der Waals surface area contributed by atoms with Gasteiger partial charge in [-0.05, 0) is 25.3 Å². The maximum Gasteiger partial charge on any atom is 0.271 e. The Bertz CT molecular complexity index is 798. The first-order chi connectivity index (χ1) is 9.08. The first kappa shape index (κ1) is 12.1. The summed E-state index contributed by atoms with van der Waals surface area (Å²) in [7, 11) is 1.88. The van der Waals surface area contributed by atoms with E-state index in [9.17, 15) is 4.79 Å². The number of hydrogen-bond acceptors (Lipinski definition) is 4. The van der Waals surface area contributed by atoms with Crippen molar-refractivity contribution in [2.24, 2.45) is 7.05 Å². The first-order valence-corrected chi connectivity index (χ1v) is 6.90. The summed E-state index contributed by atoms with van der Waals surface area (Å²) < 4.78 is 4.14. The van der Waals surface area contributed by atoms with Crippen LogP contribution in [0, 0.1) is 6.92 Å². The van der Waals surface area contributed by atoms with E-state index in [1.807, 2.05) is 38.5 Å². The average molecular weight is 274 g/mol. The molecule has 0 aliphatic carbocycles. The fourth-order valence-electron chi connectivity index (χ4n) is 2.31. The van der Waals surface area contributed by atoms with E-state index in [0.717, 1.165) is 16.8 Å². The van der Waals surface area contributed by atoms with E-state index in [1.165, 1.54) is 11.3 Å². The fourth-order valence-corrected chi connectivity index (χ4v) is 3.09. The number of rotatable bonds is 2. The minimum absolute atomic E-state index is 0.00996. The number of nitrogens with zero attached hydrogens (tertiary/aromatic N) is 4. The van der Waals surface area contributed by atoms with Crippen molar-refractivity contribution in [1.29, 1.82) is 0 Å². The van der Waals surface area contributed by atoms with Gasteiger partial charge in [0, 0.05) is 18.8 Å². The fraction of sp³-hybridized carbons (Fsp3) is 0.308. The van der Waals surface area contributed by atoms with E-state index in [1.54, 1.807) is 15.6 Å². The molecule has 3 aromatic rings. The van der Waals surface area contributed by atoms with Crippen molar-refractivity contribution in [3.63, 3.8) is 0 Å². The van der Waals surface area contributed by atoms with Crippen molar-refractivity contribution in [2.75, 3.05) is 0 Å². The highest BCUT2D eigenvalue weighted by Gasteiger charge is 2.16. The summed E-state index contributed by atoms with van der Waals surface area (Å²) in [5.41, 5.74) is 2.76. The molecule has 0 spiro atoms. The van der Waals surface area contributed by atoms with Gasteiger partial charge in [-0.1, -0.05) is 0 Å². The molecule has 0 radical (unpaired) electrons. The van der Waals surface area contributed by atoms with Crippen molar-refractivity contribution in [2.45, 2.75) is 19.9 Å². The van der Waals surface area contributed by atoms with Crippen molar-refractivity contribution >= 4 is 21.6 Å². The van der Waals surface area contributed by atoms with Crippen LogP contribution in [0.5, 0.6) is 0 Å². The van der Waals surface area contributed by atoms with E-state index in [4.69, 9.17) is 0 Å². The van der Waals surface area contributed by atoms with Gasteiger partial charge in [-0.3, -0.25) is 14.0 Å². The van der Waals surface area contributed by atoms with Gasteiger partial charge in [0.2, 0.25) is 0 Å². The third-order valence-corrected chi connectivity index (χ3v) is 4.20. The van der Waals surface area contributed by atoms with Gasteiger partial charge in [0.1, 0.15) is 4.70 Å². The van der Waals surface area contributed by atoms with E-state index in [0.29, 0.717) is 4.70 Å². The molecule has 3 aromatic heterocycles. The van der Waals surface area contributed by atoms with Crippen molar-refractivity contribution < 1.29 is 0 Å². The maximum absolute atomic E-state index is 12.4. The van der Waals surface area contributed by atoms with Crippen LogP contribution in [-0.4, -0.2) is 19.3 Å². The lowest BCUT2D eigenvalue weighted by Gasteiger charge is -2.13. The van der Waals surface area contributed by atoms with Crippen LogP contribution in [0.4, 0.5) is 0 Å². The highest BCUT2D eigenvalue weighted by Crippen LogP contribution is 2.20. The molecule has 0 aliphatic heterocycles. The Morgan fingerprint density at radius 3 is 2.89 bits per heavy atom. The monoisotopic (exact) mass is 274 g/mol. The van der Waals surface area contributed by atoms with Crippen LogP contribution in [0.25, 0.3) is 10.2 Å². The number of aryl methyl sites for hydroxylation is 2. The molecular formula is C13H14N4OS. The van der Waals surface area contributed by atoms with Gasteiger partial charge < -0.3 is 0 Å². The first-order valence-electron chi connectivity index (χ1n) is 6.02. The van der Waals surface area contributed by atoms with Crippen LogP contribution < -0.4 is 5.56 Å². The minimum Gasteiger partial charge on any atom is -0.291 e.